The first kappa shape index (κ1) is 15.8. The minimum atomic E-state index is -1.01. The number of anilines is 1. The summed E-state index contributed by atoms with van der Waals surface area (Å²) in [6.07, 6.45) is 2.23. The van der Waals surface area contributed by atoms with Crippen LogP contribution in [0.5, 0.6) is 0 Å². The molecule has 0 bridgehead atoms. The molecule has 24 heavy (non-hydrogen) atoms. The number of hydrogen-bond donors (Lipinski definition) is 2. The molecule has 1 aromatic heterocycles. The average molecular weight is 321 g/mol. The van der Waals surface area contributed by atoms with E-state index in [9.17, 15) is 9.90 Å². The Bertz CT molecular complexity index is 955. The molecule has 3 rings (SSSR count). The van der Waals surface area contributed by atoms with Crippen molar-refractivity contribution in [3.63, 3.8) is 0 Å². The van der Waals surface area contributed by atoms with E-state index in [1.165, 1.54) is 10.1 Å². The van der Waals surface area contributed by atoms with Crippen LogP contribution in [0.4, 0.5) is 10.5 Å². The molecule has 5 heteroatoms. The Balaban J connectivity index is 1.94. The zero-order chi connectivity index (χ0) is 17.3. The third-order valence-electron chi connectivity index (χ3n) is 3.97. The average Bonchev–Trinajstić information content (AvgIpc) is 2.88. The van der Waals surface area contributed by atoms with Gasteiger partial charge in [0.2, 0.25) is 0 Å². The molecule has 0 aliphatic carbocycles. The summed E-state index contributed by atoms with van der Waals surface area (Å²) < 4.78 is 1.22. The van der Waals surface area contributed by atoms with Gasteiger partial charge in [0, 0.05) is 17.1 Å². The maximum Gasteiger partial charge on any atom is 0.416 e. The number of nitrogens with one attached hydrogen (secondary N) is 1. The van der Waals surface area contributed by atoms with Crippen LogP contribution in [0.25, 0.3) is 10.9 Å². The largest absolute Gasteiger partial charge is 0.464 e. The van der Waals surface area contributed by atoms with E-state index in [4.69, 9.17) is 0 Å². The standard InChI is InChI=1S/C19H19N3O2/c1-12-4-6-17(14(3)8-12)21-20-10-15-11-22(19(23)24)18-7-5-13(2)9-16(15)18/h4-11,21H,1-3H3,(H,23,24)/b20-10+. The number of fused-ring (bicyclic) bond motifs is 1. The maximum atomic E-state index is 11.4. The second-order valence-corrected chi connectivity index (χ2v) is 5.95. The Morgan fingerprint density at radius 1 is 1.12 bits per heavy atom. The molecule has 0 spiro atoms. The van der Waals surface area contributed by atoms with E-state index in [2.05, 4.69) is 16.6 Å². The van der Waals surface area contributed by atoms with Crippen LogP contribution in [0.1, 0.15) is 22.3 Å². The van der Waals surface area contributed by atoms with Crippen LogP contribution in [0.15, 0.2) is 47.7 Å². The molecule has 3 aromatic rings. The number of hydrazone groups is 1. The SMILES string of the molecule is Cc1ccc(N/N=C/c2cn(C(=O)O)c3ccc(C)cc23)c(C)c1. The van der Waals surface area contributed by atoms with Crippen LogP contribution in [-0.2, 0) is 0 Å². The summed E-state index contributed by atoms with van der Waals surface area (Å²) in [4.78, 5) is 11.4. The van der Waals surface area contributed by atoms with Crippen molar-refractivity contribution in [3.05, 3.63) is 64.8 Å². The normalized spacial score (nSPS) is 11.3. The van der Waals surface area contributed by atoms with Gasteiger partial charge >= 0.3 is 6.09 Å². The summed E-state index contributed by atoms with van der Waals surface area (Å²) in [5, 5.41) is 14.5. The van der Waals surface area contributed by atoms with E-state index in [-0.39, 0.29) is 0 Å². The van der Waals surface area contributed by atoms with E-state index < -0.39 is 6.09 Å². The van der Waals surface area contributed by atoms with Gasteiger partial charge in [-0.1, -0.05) is 29.3 Å². The van der Waals surface area contributed by atoms with Gasteiger partial charge in [-0.2, -0.15) is 5.10 Å². The van der Waals surface area contributed by atoms with Gasteiger partial charge in [-0.25, -0.2) is 4.79 Å². The summed E-state index contributed by atoms with van der Waals surface area (Å²) in [5.74, 6) is 0. The number of rotatable bonds is 3. The first-order valence-electron chi connectivity index (χ1n) is 7.67. The molecule has 0 atom stereocenters. The van der Waals surface area contributed by atoms with Crippen molar-refractivity contribution in [3.8, 4) is 0 Å². The van der Waals surface area contributed by atoms with Gasteiger partial charge in [-0.3, -0.25) is 9.99 Å². The maximum absolute atomic E-state index is 11.4. The van der Waals surface area contributed by atoms with Crippen LogP contribution < -0.4 is 5.43 Å². The molecule has 1 heterocycles. The highest BCUT2D eigenvalue weighted by molar-refractivity contribution is 6.02. The fourth-order valence-corrected chi connectivity index (χ4v) is 2.74. The van der Waals surface area contributed by atoms with E-state index in [1.807, 2.05) is 51.1 Å². The molecule has 2 aromatic carbocycles. The predicted molar refractivity (Wildman–Crippen MR) is 97.2 cm³/mol. The highest BCUT2D eigenvalue weighted by atomic mass is 16.4. The topological polar surface area (TPSA) is 66.6 Å². The number of hydrogen-bond acceptors (Lipinski definition) is 3. The summed E-state index contributed by atoms with van der Waals surface area (Å²) in [5.41, 5.74) is 8.73. The lowest BCUT2D eigenvalue weighted by atomic mass is 10.1. The van der Waals surface area contributed by atoms with Crippen molar-refractivity contribution in [1.29, 1.82) is 0 Å². The van der Waals surface area contributed by atoms with Gasteiger partial charge in [-0.05, 0) is 44.5 Å². The Morgan fingerprint density at radius 2 is 1.83 bits per heavy atom. The molecule has 2 N–H and O–H groups in total. The molecule has 0 radical (unpaired) electrons. The summed E-state index contributed by atoms with van der Waals surface area (Å²) in [6.45, 7) is 6.04. The minimum absolute atomic E-state index is 0.654. The zero-order valence-electron chi connectivity index (χ0n) is 13.9. The molecule has 0 aliphatic heterocycles. The molecule has 0 saturated heterocycles. The van der Waals surface area contributed by atoms with Crippen molar-refractivity contribution in [1.82, 2.24) is 4.57 Å². The van der Waals surface area contributed by atoms with Gasteiger partial charge in [0.25, 0.3) is 0 Å². The molecule has 5 nitrogen and oxygen atoms in total. The monoisotopic (exact) mass is 321 g/mol. The third kappa shape index (κ3) is 3.01. The van der Waals surface area contributed by atoms with Crippen molar-refractivity contribution in [2.45, 2.75) is 20.8 Å². The second kappa shape index (κ2) is 6.20. The Labute approximate surface area is 140 Å². The van der Waals surface area contributed by atoms with Gasteiger partial charge in [0.15, 0.2) is 0 Å². The third-order valence-corrected chi connectivity index (χ3v) is 3.97. The predicted octanol–water partition coefficient (Wildman–Crippen LogP) is 4.54. The lowest BCUT2D eigenvalue weighted by Crippen LogP contribution is -2.05. The number of benzene rings is 2. The van der Waals surface area contributed by atoms with Crippen LogP contribution >= 0.6 is 0 Å². The van der Waals surface area contributed by atoms with E-state index in [0.717, 1.165) is 27.8 Å². The lowest BCUT2D eigenvalue weighted by Gasteiger charge is -2.05. The fourth-order valence-electron chi connectivity index (χ4n) is 2.74. The highest BCUT2D eigenvalue weighted by Crippen LogP contribution is 2.22. The van der Waals surface area contributed by atoms with Crippen LogP contribution in [-0.4, -0.2) is 22.0 Å². The smallest absolute Gasteiger partial charge is 0.416 e. The molecule has 0 aliphatic rings. The molecule has 0 unspecified atom stereocenters. The van der Waals surface area contributed by atoms with Crippen molar-refractivity contribution in [2.75, 3.05) is 5.43 Å². The van der Waals surface area contributed by atoms with Crippen LogP contribution in [0, 0.1) is 20.8 Å². The lowest BCUT2D eigenvalue weighted by molar-refractivity contribution is 0.197. The number of carboxylic acid groups (broad SMARTS) is 1. The first-order chi connectivity index (χ1) is 11.5. The summed E-state index contributed by atoms with van der Waals surface area (Å²) >= 11 is 0. The van der Waals surface area contributed by atoms with Crippen molar-refractivity contribution >= 4 is 28.9 Å². The zero-order valence-corrected chi connectivity index (χ0v) is 13.9. The summed E-state index contributed by atoms with van der Waals surface area (Å²) in [6, 6.07) is 11.8. The quantitative estimate of drug-likeness (QED) is 0.550. The molecule has 0 saturated carbocycles. The van der Waals surface area contributed by atoms with Crippen molar-refractivity contribution < 1.29 is 9.90 Å². The minimum Gasteiger partial charge on any atom is -0.464 e. The van der Waals surface area contributed by atoms with Gasteiger partial charge < -0.3 is 5.11 Å². The Morgan fingerprint density at radius 3 is 2.54 bits per heavy atom. The summed E-state index contributed by atoms with van der Waals surface area (Å²) in [7, 11) is 0. The van der Waals surface area contributed by atoms with E-state index >= 15 is 0 Å². The van der Waals surface area contributed by atoms with Crippen LogP contribution in [0.2, 0.25) is 0 Å². The Kier molecular flexibility index (Phi) is 4.08. The molecule has 122 valence electrons. The number of aryl methyl sites for hydroxylation is 3. The molecular weight excluding hydrogens is 302 g/mol. The van der Waals surface area contributed by atoms with Gasteiger partial charge in [0.05, 0.1) is 17.4 Å². The van der Waals surface area contributed by atoms with Crippen molar-refractivity contribution in [2.24, 2.45) is 5.10 Å². The van der Waals surface area contributed by atoms with E-state index in [0.29, 0.717) is 5.52 Å². The molecule has 0 fully saturated rings. The highest BCUT2D eigenvalue weighted by Gasteiger charge is 2.11. The number of aromatic nitrogens is 1. The molecular formula is C19H19N3O2. The molecule has 0 amide bonds. The van der Waals surface area contributed by atoms with Gasteiger partial charge in [0.1, 0.15) is 0 Å². The first-order valence-corrected chi connectivity index (χ1v) is 7.67. The fraction of sp³-hybridized carbons (Fsp3) is 0.158. The van der Waals surface area contributed by atoms with E-state index in [1.54, 1.807) is 12.4 Å². The van der Waals surface area contributed by atoms with Gasteiger partial charge in [-0.15, -0.1) is 0 Å². The Hall–Kier alpha value is -3.08. The number of nitrogens with zero attached hydrogens (tertiary/aromatic N) is 2. The second-order valence-electron chi connectivity index (χ2n) is 5.95. The number of carbonyl (C=O) groups is 1. The van der Waals surface area contributed by atoms with Crippen LogP contribution in [0.3, 0.4) is 0 Å².